The molecule has 1 rings (SSSR count). The Hall–Kier alpha value is -0.860. The maximum absolute atomic E-state index is 4.42. The average molecular weight is 265 g/mol. The molecule has 3 nitrogen and oxygen atoms in total. The van der Waals surface area contributed by atoms with Crippen LogP contribution in [0.15, 0.2) is 0 Å². The average Bonchev–Trinajstić information content (AvgIpc) is 2.74. The van der Waals surface area contributed by atoms with Gasteiger partial charge in [-0.3, -0.25) is 0 Å². The summed E-state index contributed by atoms with van der Waals surface area (Å²) in [5.41, 5.74) is 2.63. The summed E-state index contributed by atoms with van der Waals surface area (Å²) in [5, 5.41) is 8.81. The zero-order chi connectivity index (χ0) is 14.1. The first kappa shape index (κ1) is 16.2. The Bertz CT molecular complexity index is 342. The van der Waals surface area contributed by atoms with Gasteiger partial charge in [0, 0.05) is 6.54 Å². The smallest absolute Gasteiger partial charge is 0.0861 e. The normalized spacial score (nSPS) is 11.4. The van der Waals surface area contributed by atoms with Crippen molar-refractivity contribution in [1.29, 1.82) is 0 Å². The van der Waals surface area contributed by atoms with E-state index >= 15 is 0 Å². The van der Waals surface area contributed by atoms with Crippen LogP contribution in [0.3, 0.4) is 0 Å². The summed E-state index contributed by atoms with van der Waals surface area (Å²) in [6, 6.07) is 0. The van der Waals surface area contributed by atoms with Crippen molar-refractivity contribution in [2.24, 2.45) is 5.92 Å². The second kappa shape index (κ2) is 9.11. The van der Waals surface area contributed by atoms with E-state index in [0.717, 1.165) is 19.4 Å². The van der Waals surface area contributed by atoms with E-state index < -0.39 is 0 Å². The van der Waals surface area contributed by atoms with Crippen molar-refractivity contribution < 1.29 is 0 Å². The number of aryl methyl sites for hydroxylation is 1. The first-order chi connectivity index (χ1) is 9.19. The van der Waals surface area contributed by atoms with Crippen molar-refractivity contribution in [3.8, 4) is 0 Å². The molecule has 1 aromatic heterocycles. The van der Waals surface area contributed by atoms with Crippen LogP contribution < -0.4 is 0 Å². The molecule has 0 saturated carbocycles. The summed E-state index contributed by atoms with van der Waals surface area (Å²) in [5.74, 6) is 0.658. The minimum absolute atomic E-state index is 0.658. The van der Waals surface area contributed by atoms with Gasteiger partial charge in [-0.15, -0.1) is 5.10 Å². The summed E-state index contributed by atoms with van der Waals surface area (Å²) < 4.78 is 2.17. The Balaban J connectivity index is 2.64. The minimum Gasteiger partial charge on any atom is -0.249 e. The monoisotopic (exact) mass is 265 g/mol. The molecule has 0 atom stereocenters. The number of hydrogen-bond acceptors (Lipinski definition) is 2. The van der Waals surface area contributed by atoms with E-state index in [9.17, 15) is 0 Å². The summed E-state index contributed by atoms with van der Waals surface area (Å²) in [6.45, 7) is 10.1. The van der Waals surface area contributed by atoms with Crippen LogP contribution in [0.1, 0.15) is 77.6 Å². The molecule has 0 saturated heterocycles. The minimum atomic E-state index is 0.658. The van der Waals surface area contributed by atoms with Crippen LogP contribution in [0.5, 0.6) is 0 Å². The maximum Gasteiger partial charge on any atom is 0.0861 e. The zero-order valence-corrected chi connectivity index (χ0v) is 13.3. The van der Waals surface area contributed by atoms with E-state index in [1.54, 1.807) is 0 Å². The van der Waals surface area contributed by atoms with Crippen LogP contribution >= 0.6 is 0 Å². The fraction of sp³-hybridized carbons (Fsp3) is 0.875. The van der Waals surface area contributed by atoms with Gasteiger partial charge in [-0.1, -0.05) is 58.6 Å². The van der Waals surface area contributed by atoms with Crippen molar-refractivity contribution in [2.75, 3.05) is 0 Å². The van der Waals surface area contributed by atoms with Crippen LogP contribution in [0.4, 0.5) is 0 Å². The topological polar surface area (TPSA) is 30.7 Å². The zero-order valence-electron chi connectivity index (χ0n) is 13.3. The van der Waals surface area contributed by atoms with Gasteiger partial charge in [-0.05, 0) is 31.6 Å². The molecule has 0 amide bonds. The number of rotatable bonds is 10. The van der Waals surface area contributed by atoms with Gasteiger partial charge < -0.3 is 0 Å². The molecule has 0 radical (unpaired) electrons. The van der Waals surface area contributed by atoms with Gasteiger partial charge in [0.2, 0.25) is 0 Å². The number of nitrogens with zero attached hydrogens (tertiary/aromatic N) is 3. The van der Waals surface area contributed by atoms with Crippen LogP contribution in [-0.4, -0.2) is 15.0 Å². The van der Waals surface area contributed by atoms with Crippen LogP contribution in [0.25, 0.3) is 0 Å². The lowest BCUT2D eigenvalue weighted by Crippen LogP contribution is -2.07. The van der Waals surface area contributed by atoms with Crippen molar-refractivity contribution >= 4 is 0 Å². The van der Waals surface area contributed by atoms with Crippen molar-refractivity contribution in [3.63, 3.8) is 0 Å². The van der Waals surface area contributed by atoms with Gasteiger partial charge in [0.15, 0.2) is 0 Å². The molecule has 0 aliphatic heterocycles. The highest BCUT2D eigenvalue weighted by Gasteiger charge is 2.13. The van der Waals surface area contributed by atoms with Crippen molar-refractivity contribution in [1.82, 2.24) is 15.0 Å². The Morgan fingerprint density at radius 3 is 2.37 bits per heavy atom. The predicted octanol–water partition coefficient (Wildman–Crippen LogP) is 4.40. The molecule has 110 valence electrons. The molecular formula is C16H31N3. The molecule has 0 fully saturated rings. The SMILES string of the molecule is CCCCCCn1nnc(CC(C)C)c1CCCC. The van der Waals surface area contributed by atoms with Gasteiger partial charge in [-0.25, -0.2) is 4.68 Å². The molecule has 1 heterocycles. The maximum atomic E-state index is 4.42. The second-order valence-corrected chi connectivity index (χ2v) is 5.97. The summed E-state index contributed by atoms with van der Waals surface area (Å²) in [4.78, 5) is 0. The fourth-order valence-corrected chi connectivity index (χ4v) is 2.40. The predicted molar refractivity (Wildman–Crippen MR) is 81.3 cm³/mol. The molecule has 0 N–H and O–H groups in total. The van der Waals surface area contributed by atoms with Crippen molar-refractivity contribution in [2.45, 2.75) is 85.6 Å². The summed E-state index contributed by atoms with van der Waals surface area (Å²) in [6.07, 6.45) is 9.85. The third-order valence-corrected chi connectivity index (χ3v) is 3.51. The van der Waals surface area contributed by atoms with Crippen molar-refractivity contribution in [3.05, 3.63) is 11.4 Å². The van der Waals surface area contributed by atoms with Gasteiger partial charge in [0.1, 0.15) is 0 Å². The van der Waals surface area contributed by atoms with E-state index in [0.29, 0.717) is 5.92 Å². The van der Waals surface area contributed by atoms with Gasteiger partial charge in [0.25, 0.3) is 0 Å². The Kier molecular flexibility index (Phi) is 7.76. The lowest BCUT2D eigenvalue weighted by atomic mass is 10.0. The van der Waals surface area contributed by atoms with E-state index in [1.807, 2.05) is 0 Å². The molecule has 19 heavy (non-hydrogen) atoms. The Labute approximate surface area is 118 Å². The third-order valence-electron chi connectivity index (χ3n) is 3.51. The van der Waals surface area contributed by atoms with E-state index in [1.165, 1.54) is 49.9 Å². The first-order valence-electron chi connectivity index (χ1n) is 8.10. The quantitative estimate of drug-likeness (QED) is 0.587. The molecule has 3 heteroatoms. The van der Waals surface area contributed by atoms with E-state index in [2.05, 4.69) is 42.7 Å². The molecule has 0 aromatic carbocycles. The summed E-state index contributed by atoms with van der Waals surface area (Å²) in [7, 11) is 0. The summed E-state index contributed by atoms with van der Waals surface area (Å²) >= 11 is 0. The van der Waals surface area contributed by atoms with Crippen LogP contribution in [-0.2, 0) is 19.4 Å². The lowest BCUT2D eigenvalue weighted by Gasteiger charge is -2.09. The molecular weight excluding hydrogens is 234 g/mol. The highest BCUT2D eigenvalue weighted by Crippen LogP contribution is 2.15. The van der Waals surface area contributed by atoms with Crippen LogP contribution in [0, 0.1) is 5.92 Å². The number of hydrogen-bond donors (Lipinski definition) is 0. The molecule has 0 spiro atoms. The highest BCUT2D eigenvalue weighted by atomic mass is 15.4. The van der Waals surface area contributed by atoms with Gasteiger partial charge in [-0.2, -0.15) is 0 Å². The largest absolute Gasteiger partial charge is 0.249 e. The van der Waals surface area contributed by atoms with Gasteiger partial charge in [0.05, 0.1) is 11.4 Å². The molecule has 0 aliphatic carbocycles. The van der Waals surface area contributed by atoms with Gasteiger partial charge >= 0.3 is 0 Å². The Morgan fingerprint density at radius 1 is 1.00 bits per heavy atom. The second-order valence-electron chi connectivity index (χ2n) is 5.97. The highest BCUT2D eigenvalue weighted by molar-refractivity contribution is 5.11. The molecule has 0 aliphatic rings. The third kappa shape index (κ3) is 5.75. The lowest BCUT2D eigenvalue weighted by molar-refractivity contribution is 0.508. The molecule has 0 unspecified atom stereocenters. The standard InChI is InChI=1S/C16H31N3/c1-5-7-9-10-12-19-16(11-8-6-2)15(17-18-19)13-14(3)4/h14H,5-13H2,1-4H3. The number of unbranched alkanes of at least 4 members (excludes halogenated alkanes) is 4. The molecule has 1 aromatic rings. The van der Waals surface area contributed by atoms with E-state index in [4.69, 9.17) is 0 Å². The Morgan fingerprint density at radius 2 is 1.74 bits per heavy atom. The first-order valence-corrected chi connectivity index (χ1v) is 8.10. The molecule has 0 bridgehead atoms. The van der Waals surface area contributed by atoms with E-state index in [-0.39, 0.29) is 0 Å². The number of aromatic nitrogens is 3. The fourth-order valence-electron chi connectivity index (χ4n) is 2.40. The van der Waals surface area contributed by atoms with Crippen LogP contribution in [0.2, 0.25) is 0 Å².